The van der Waals surface area contributed by atoms with E-state index in [1.165, 1.54) is 5.57 Å². The monoisotopic (exact) mass is 321 g/mol. The Hall–Kier alpha value is -2.26. The molecule has 0 saturated carbocycles. The number of amidine groups is 1. The second-order valence-electron chi connectivity index (χ2n) is 5.73. The molecule has 114 valence electrons. The predicted molar refractivity (Wildman–Crippen MR) is 94.3 cm³/mol. The van der Waals surface area contributed by atoms with Crippen LogP contribution in [0.1, 0.15) is 36.4 Å². The fourth-order valence-corrected chi connectivity index (χ4v) is 3.33. The minimum absolute atomic E-state index is 0.0771. The molecule has 0 amide bonds. The molecule has 3 nitrogen and oxygen atoms in total. The Morgan fingerprint density at radius 2 is 2.00 bits per heavy atom. The van der Waals surface area contributed by atoms with E-state index in [2.05, 4.69) is 17.1 Å². The Labute approximate surface area is 140 Å². The van der Waals surface area contributed by atoms with E-state index >= 15 is 0 Å². The standard InChI is InChI=1S/C19H16ClN3/c20-16-9-3-1-7-14(16)18-15-8-2-4-10-17(15)22-19(23-18)13-6-5-11-21-12-13/h1,3,5-9,11-12,18H,2,4,10H2. The Balaban J connectivity index is 1.86. The van der Waals surface area contributed by atoms with Crippen molar-refractivity contribution in [2.75, 3.05) is 0 Å². The molecule has 2 heterocycles. The van der Waals surface area contributed by atoms with Gasteiger partial charge in [-0.05, 0) is 48.6 Å². The summed E-state index contributed by atoms with van der Waals surface area (Å²) in [5.74, 6) is 0.747. The molecule has 4 rings (SSSR count). The lowest BCUT2D eigenvalue weighted by molar-refractivity contribution is 0.793. The highest BCUT2D eigenvalue weighted by molar-refractivity contribution is 6.31. The number of rotatable bonds is 2. The van der Waals surface area contributed by atoms with Crippen LogP contribution in [-0.4, -0.2) is 16.5 Å². The molecule has 1 aliphatic heterocycles. The van der Waals surface area contributed by atoms with Gasteiger partial charge in [0.15, 0.2) is 5.84 Å². The molecule has 0 radical (unpaired) electrons. The molecule has 2 aliphatic rings. The summed E-state index contributed by atoms with van der Waals surface area (Å²) in [5, 5.41) is 0.750. The third-order valence-electron chi connectivity index (χ3n) is 4.22. The summed E-state index contributed by atoms with van der Waals surface area (Å²) in [4.78, 5) is 13.9. The summed E-state index contributed by atoms with van der Waals surface area (Å²) in [7, 11) is 0. The third kappa shape index (κ3) is 2.73. The largest absolute Gasteiger partial charge is 0.264 e. The van der Waals surface area contributed by atoms with Crippen molar-refractivity contribution < 1.29 is 0 Å². The van der Waals surface area contributed by atoms with Crippen LogP contribution in [0.3, 0.4) is 0 Å². The molecule has 1 aliphatic carbocycles. The number of fused-ring (bicyclic) bond motifs is 1. The number of hydrogen-bond acceptors (Lipinski definition) is 3. The molecule has 0 N–H and O–H groups in total. The van der Waals surface area contributed by atoms with Gasteiger partial charge in [-0.2, -0.15) is 0 Å². The summed E-state index contributed by atoms with van der Waals surface area (Å²) >= 11 is 6.43. The Morgan fingerprint density at radius 1 is 1.09 bits per heavy atom. The molecular weight excluding hydrogens is 306 g/mol. The van der Waals surface area contributed by atoms with Gasteiger partial charge in [0.2, 0.25) is 0 Å². The first-order chi connectivity index (χ1) is 11.3. The highest BCUT2D eigenvalue weighted by atomic mass is 35.5. The van der Waals surface area contributed by atoms with Gasteiger partial charge in [-0.1, -0.05) is 35.9 Å². The van der Waals surface area contributed by atoms with E-state index in [0.717, 1.165) is 47.0 Å². The van der Waals surface area contributed by atoms with Gasteiger partial charge in [-0.25, -0.2) is 4.99 Å². The first-order valence-electron chi connectivity index (χ1n) is 7.83. The molecule has 0 saturated heterocycles. The first-order valence-corrected chi connectivity index (χ1v) is 8.21. The van der Waals surface area contributed by atoms with Crippen LogP contribution >= 0.6 is 11.6 Å². The van der Waals surface area contributed by atoms with Crippen LogP contribution in [0.5, 0.6) is 0 Å². The zero-order chi connectivity index (χ0) is 15.6. The number of nitrogens with zero attached hydrogens (tertiary/aromatic N) is 3. The zero-order valence-electron chi connectivity index (χ0n) is 12.6. The van der Waals surface area contributed by atoms with Crippen molar-refractivity contribution in [3.63, 3.8) is 0 Å². The molecule has 1 atom stereocenters. The van der Waals surface area contributed by atoms with Crippen LogP contribution in [-0.2, 0) is 0 Å². The lowest BCUT2D eigenvalue weighted by Gasteiger charge is -2.27. The fraction of sp³-hybridized carbons (Fsp3) is 0.211. The predicted octanol–water partition coefficient (Wildman–Crippen LogP) is 4.79. The van der Waals surface area contributed by atoms with E-state index in [0.29, 0.717) is 0 Å². The summed E-state index contributed by atoms with van der Waals surface area (Å²) < 4.78 is 0. The molecule has 1 aromatic carbocycles. The van der Waals surface area contributed by atoms with Crippen LogP contribution in [0.15, 0.2) is 70.4 Å². The van der Waals surface area contributed by atoms with Gasteiger partial charge in [0.1, 0.15) is 6.04 Å². The number of benzene rings is 1. The van der Waals surface area contributed by atoms with E-state index in [4.69, 9.17) is 21.6 Å². The summed E-state index contributed by atoms with van der Waals surface area (Å²) in [6.45, 7) is 0. The highest BCUT2D eigenvalue weighted by Crippen LogP contribution is 2.38. The summed E-state index contributed by atoms with van der Waals surface area (Å²) in [5.41, 5.74) is 4.32. The first kappa shape index (κ1) is 14.3. The highest BCUT2D eigenvalue weighted by Gasteiger charge is 2.28. The smallest absolute Gasteiger partial charge is 0.157 e. The van der Waals surface area contributed by atoms with Crippen LogP contribution in [0.2, 0.25) is 5.02 Å². The minimum atomic E-state index is -0.0771. The van der Waals surface area contributed by atoms with Gasteiger partial charge >= 0.3 is 0 Å². The van der Waals surface area contributed by atoms with Gasteiger partial charge in [-0.3, -0.25) is 9.98 Å². The van der Waals surface area contributed by atoms with Crippen LogP contribution in [0, 0.1) is 0 Å². The van der Waals surface area contributed by atoms with Crippen molar-refractivity contribution in [2.24, 2.45) is 9.98 Å². The molecule has 0 bridgehead atoms. The van der Waals surface area contributed by atoms with Crippen LogP contribution in [0.25, 0.3) is 0 Å². The average molecular weight is 322 g/mol. The second-order valence-corrected chi connectivity index (χ2v) is 6.14. The van der Waals surface area contributed by atoms with Crippen molar-refractivity contribution in [3.8, 4) is 0 Å². The van der Waals surface area contributed by atoms with Crippen molar-refractivity contribution in [2.45, 2.75) is 25.3 Å². The van der Waals surface area contributed by atoms with Gasteiger partial charge in [0.25, 0.3) is 0 Å². The zero-order valence-corrected chi connectivity index (χ0v) is 13.4. The van der Waals surface area contributed by atoms with Crippen LogP contribution in [0.4, 0.5) is 0 Å². The number of allylic oxidation sites excluding steroid dienone is 1. The fourth-order valence-electron chi connectivity index (χ4n) is 3.10. The summed E-state index contributed by atoms with van der Waals surface area (Å²) in [6.07, 6.45) is 9.04. The maximum Gasteiger partial charge on any atom is 0.157 e. The third-order valence-corrected chi connectivity index (χ3v) is 4.57. The number of aromatic nitrogens is 1. The maximum absolute atomic E-state index is 6.43. The Kier molecular flexibility index (Phi) is 3.80. The lowest BCUT2D eigenvalue weighted by Crippen LogP contribution is -2.22. The van der Waals surface area contributed by atoms with Crippen molar-refractivity contribution in [1.29, 1.82) is 0 Å². The summed E-state index contributed by atoms with van der Waals surface area (Å²) in [6, 6.07) is 11.8. The maximum atomic E-state index is 6.43. The minimum Gasteiger partial charge on any atom is -0.264 e. The second kappa shape index (κ2) is 6.09. The molecule has 2 aromatic rings. The van der Waals surface area contributed by atoms with Gasteiger partial charge < -0.3 is 0 Å². The van der Waals surface area contributed by atoms with Crippen molar-refractivity contribution in [1.82, 2.24) is 4.98 Å². The average Bonchev–Trinajstić information content (AvgIpc) is 2.62. The van der Waals surface area contributed by atoms with Gasteiger partial charge in [-0.15, -0.1) is 0 Å². The molecular formula is C19H16ClN3. The van der Waals surface area contributed by atoms with Gasteiger partial charge in [0.05, 0.1) is 0 Å². The molecule has 1 unspecified atom stereocenters. The number of pyridine rings is 1. The number of halogens is 1. The van der Waals surface area contributed by atoms with E-state index in [1.807, 2.05) is 36.5 Å². The Bertz CT molecular complexity index is 822. The molecule has 0 spiro atoms. The van der Waals surface area contributed by atoms with Crippen molar-refractivity contribution >= 4 is 23.1 Å². The Morgan fingerprint density at radius 3 is 2.83 bits per heavy atom. The molecule has 23 heavy (non-hydrogen) atoms. The van der Waals surface area contributed by atoms with Gasteiger partial charge in [0, 0.05) is 28.7 Å². The quantitative estimate of drug-likeness (QED) is 0.783. The van der Waals surface area contributed by atoms with E-state index in [-0.39, 0.29) is 6.04 Å². The van der Waals surface area contributed by atoms with Crippen molar-refractivity contribution in [3.05, 3.63) is 76.6 Å². The van der Waals surface area contributed by atoms with Crippen LogP contribution < -0.4 is 0 Å². The molecule has 4 heteroatoms. The topological polar surface area (TPSA) is 37.6 Å². The number of aliphatic imine (C=N–C) groups is 2. The number of hydrogen-bond donors (Lipinski definition) is 0. The normalized spacial score (nSPS) is 20.2. The van der Waals surface area contributed by atoms with E-state index < -0.39 is 0 Å². The van der Waals surface area contributed by atoms with E-state index in [1.54, 1.807) is 6.20 Å². The lowest BCUT2D eigenvalue weighted by atomic mass is 9.87. The SMILES string of the molecule is Clc1ccccc1C1N=C(c2cccnc2)N=C2CCCC=C21. The molecule has 0 fully saturated rings. The van der Waals surface area contributed by atoms with E-state index in [9.17, 15) is 0 Å². The molecule has 1 aromatic heterocycles.